The van der Waals surface area contributed by atoms with Crippen molar-refractivity contribution in [2.24, 2.45) is 0 Å². The molecular weight excluding hydrogens is 260 g/mol. The minimum absolute atomic E-state index is 0.00745. The van der Waals surface area contributed by atoms with E-state index in [0.717, 1.165) is 24.1 Å². The molecule has 1 saturated carbocycles. The molecule has 0 bridgehead atoms. The Morgan fingerprint density at radius 2 is 1.90 bits per heavy atom. The van der Waals surface area contributed by atoms with E-state index in [9.17, 15) is 4.79 Å². The van der Waals surface area contributed by atoms with Crippen LogP contribution in [0.5, 0.6) is 0 Å². The van der Waals surface area contributed by atoms with Gasteiger partial charge >= 0.3 is 6.03 Å². The third kappa shape index (κ3) is 3.63. The maximum Gasteiger partial charge on any atom is 0.322 e. The molecule has 0 atom stereocenters. The fraction of sp³-hybridized carbons (Fsp3) is 0.278. The van der Waals surface area contributed by atoms with E-state index in [-0.39, 0.29) is 6.03 Å². The van der Waals surface area contributed by atoms with Gasteiger partial charge in [-0.2, -0.15) is 0 Å². The largest absolute Gasteiger partial charge is 0.322 e. The number of carbonyl (C=O) groups is 1. The molecule has 3 rings (SSSR count). The standard InChI is InChI=1S/C18H20N2O/c1-14-6-5-9-16(12-14)19-18(21)20(17-10-11-17)13-15-7-3-2-4-8-15/h2-9,12,17H,10-11,13H2,1H3,(H,19,21). The summed E-state index contributed by atoms with van der Waals surface area (Å²) in [5.74, 6) is 0. The van der Waals surface area contributed by atoms with Gasteiger partial charge in [0, 0.05) is 18.3 Å². The minimum Gasteiger partial charge on any atom is -0.317 e. The van der Waals surface area contributed by atoms with E-state index in [2.05, 4.69) is 17.4 Å². The Morgan fingerprint density at radius 3 is 2.57 bits per heavy atom. The minimum atomic E-state index is -0.00745. The van der Waals surface area contributed by atoms with E-state index < -0.39 is 0 Å². The normalized spacial score (nSPS) is 13.8. The number of rotatable bonds is 4. The van der Waals surface area contributed by atoms with Crippen molar-refractivity contribution in [2.45, 2.75) is 32.4 Å². The second kappa shape index (κ2) is 6.00. The Morgan fingerprint density at radius 1 is 1.14 bits per heavy atom. The predicted molar refractivity (Wildman–Crippen MR) is 85.2 cm³/mol. The SMILES string of the molecule is Cc1cccc(NC(=O)N(Cc2ccccc2)C2CC2)c1. The maximum atomic E-state index is 12.5. The topological polar surface area (TPSA) is 32.3 Å². The zero-order chi connectivity index (χ0) is 14.7. The van der Waals surface area contributed by atoms with Crippen LogP contribution in [0.4, 0.5) is 10.5 Å². The molecule has 0 unspecified atom stereocenters. The summed E-state index contributed by atoms with van der Waals surface area (Å²) in [4.78, 5) is 14.5. The van der Waals surface area contributed by atoms with Gasteiger partial charge in [-0.05, 0) is 43.0 Å². The van der Waals surface area contributed by atoms with Crippen molar-refractivity contribution >= 4 is 11.7 Å². The summed E-state index contributed by atoms with van der Waals surface area (Å²) in [7, 11) is 0. The van der Waals surface area contributed by atoms with Crippen molar-refractivity contribution in [1.29, 1.82) is 0 Å². The molecule has 0 aromatic heterocycles. The van der Waals surface area contributed by atoms with Crippen molar-refractivity contribution in [3.8, 4) is 0 Å². The molecule has 0 spiro atoms. The van der Waals surface area contributed by atoms with Gasteiger partial charge in [-0.15, -0.1) is 0 Å². The second-order valence-corrected chi connectivity index (χ2v) is 5.64. The molecule has 0 heterocycles. The summed E-state index contributed by atoms with van der Waals surface area (Å²) >= 11 is 0. The lowest BCUT2D eigenvalue weighted by Gasteiger charge is -2.23. The molecule has 2 aromatic carbocycles. The van der Waals surface area contributed by atoms with Crippen molar-refractivity contribution < 1.29 is 4.79 Å². The summed E-state index contributed by atoms with van der Waals surface area (Å²) in [6, 6.07) is 18.4. The van der Waals surface area contributed by atoms with Crippen LogP contribution in [-0.2, 0) is 6.54 Å². The van der Waals surface area contributed by atoms with Crippen molar-refractivity contribution in [2.75, 3.05) is 5.32 Å². The van der Waals surface area contributed by atoms with Crippen molar-refractivity contribution in [3.63, 3.8) is 0 Å². The summed E-state index contributed by atoms with van der Waals surface area (Å²) in [5.41, 5.74) is 3.18. The number of aryl methyl sites for hydroxylation is 1. The van der Waals surface area contributed by atoms with Crippen LogP contribution in [0.15, 0.2) is 54.6 Å². The number of anilines is 1. The van der Waals surface area contributed by atoms with Gasteiger partial charge in [0.25, 0.3) is 0 Å². The molecule has 1 aliphatic carbocycles. The lowest BCUT2D eigenvalue weighted by atomic mass is 10.2. The Labute approximate surface area is 125 Å². The number of nitrogens with one attached hydrogen (secondary N) is 1. The molecule has 0 radical (unpaired) electrons. The Hall–Kier alpha value is -2.29. The van der Waals surface area contributed by atoms with E-state index in [0.29, 0.717) is 12.6 Å². The Kier molecular flexibility index (Phi) is 3.91. The highest BCUT2D eigenvalue weighted by Crippen LogP contribution is 2.29. The highest BCUT2D eigenvalue weighted by molar-refractivity contribution is 5.89. The summed E-state index contributed by atoms with van der Waals surface area (Å²) in [6.45, 7) is 2.70. The lowest BCUT2D eigenvalue weighted by Crippen LogP contribution is -2.36. The molecule has 1 aliphatic rings. The van der Waals surface area contributed by atoms with E-state index in [1.165, 1.54) is 5.56 Å². The molecule has 1 fully saturated rings. The van der Waals surface area contributed by atoms with E-state index in [4.69, 9.17) is 0 Å². The molecule has 0 aliphatic heterocycles. The zero-order valence-corrected chi connectivity index (χ0v) is 12.3. The number of hydrogen-bond donors (Lipinski definition) is 1. The molecule has 0 saturated heterocycles. The first-order valence-corrected chi connectivity index (χ1v) is 7.40. The van der Waals surface area contributed by atoms with E-state index in [1.807, 2.05) is 54.3 Å². The first-order chi connectivity index (χ1) is 10.2. The first-order valence-electron chi connectivity index (χ1n) is 7.40. The fourth-order valence-corrected chi connectivity index (χ4v) is 2.45. The van der Waals surface area contributed by atoms with E-state index >= 15 is 0 Å². The highest BCUT2D eigenvalue weighted by atomic mass is 16.2. The van der Waals surface area contributed by atoms with Gasteiger partial charge in [-0.25, -0.2) is 4.79 Å². The number of urea groups is 1. The highest BCUT2D eigenvalue weighted by Gasteiger charge is 2.32. The molecule has 108 valence electrons. The van der Waals surface area contributed by atoms with Gasteiger partial charge in [0.15, 0.2) is 0 Å². The van der Waals surface area contributed by atoms with Gasteiger partial charge in [0.2, 0.25) is 0 Å². The van der Waals surface area contributed by atoms with Gasteiger partial charge in [0.1, 0.15) is 0 Å². The number of hydrogen-bond acceptors (Lipinski definition) is 1. The van der Waals surface area contributed by atoms with Crippen LogP contribution < -0.4 is 5.32 Å². The molecule has 2 amide bonds. The first kappa shape index (κ1) is 13.7. The number of amides is 2. The van der Waals surface area contributed by atoms with Crippen LogP contribution in [-0.4, -0.2) is 17.0 Å². The molecule has 21 heavy (non-hydrogen) atoms. The third-order valence-electron chi connectivity index (χ3n) is 3.71. The summed E-state index contributed by atoms with van der Waals surface area (Å²) in [5, 5.41) is 3.01. The van der Waals surface area contributed by atoms with Crippen LogP contribution in [0.2, 0.25) is 0 Å². The molecule has 1 N–H and O–H groups in total. The van der Waals surface area contributed by atoms with Gasteiger partial charge in [-0.1, -0.05) is 42.5 Å². The third-order valence-corrected chi connectivity index (χ3v) is 3.71. The maximum absolute atomic E-state index is 12.5. The van der Waals surface area contributed by atoms with Crippen LogP contribution in [0.1, 0.15) is 24.0 Å². The van der Waals surface area contributed by atoms with Crippen molar-refractivity contribution in [1.82, 2.24) is 4.90 Å². The second-order valence-electron chi connectivity index (χ2n) is 5.64. The van der Waals surface area contributed by atoms with Crippen LogP contribution >= 0.6 is 0 Å². The van der Waals surface area contributed by atoms with Crippen LogP contribution in [0, 0.1) is 6.92 Å². The molecular formula is C18H20N2O. The average molecular weight is 280 g/mol. The van der Waals surface area contributed by atoms with Gasteiger partial charge < -0.3 is 10.2 Å². The Balaban J connectivity index is 1.70. The molecule has 3 heteroatoms. The Bertz CT molecular complexity index is 620. The predicted octanol–water partition coefficient (Wildman–Crippen LogP) is 4.19. The van der Waals surface area contributed by atoms with Crippen molar-refractivity contribution in [3.05, 3.63) is 65.7 Å². The van der Waals surface area contributed by atoms with Gasteiger partial charge in [0.05, 0.1) is 0 Å². The van der Waals surface area contributed by atoms with Gasteiger partial charge in [-0.3, -0.25) is 0 Å². The van der Waals surface area contributed by atoms with E-state index in [1.54, 1.807) is 0 Å². The zero-order valence-electron chi connectivity index (χ0n) is 12.3. The lowest BCUT2D eigenvalue weighted by molar-refractivity contribution is 0.206. The number of carbonyl (C=O) groups excluding carboxylic acids is 1. The monoisotopic (exact) mass is 280 g/mol. The number of benzene rings is 2. The fourth-order valence-electron chi connectivity index (χ4n) is 2.45. The van der Waals surface area contributed by atoms with Crippen LogP contribution in [0.3, 0.4) is 0 Å². The number of nitrogens with zero attached hydrogens (tertiary/aromatic N) is 1. The summed E-state index contributed by atoms with van der Waals surface area (Å²) in [6.07, 6.45) is 2.21. The van der Waals surface area contributed by atoms with Crippen LogP contribution in [0.25, 0.3) is 0 Å². The quantitative estimate of drug-likeness (QED) is 0.894. The smallest absolute Gasteiger partial charge is 0.317 e. The summed E-state index contributed by atoms with van der Waals surface area (Å²) < 4.78 is 0. The average Bonchev–Trinajstić information content (AvgIpc) is 3.30. The molecule has 3 nitrogen and oxygen atoms in total. The molecule has 2 aromatic rings.